The lowest BCUT2D eigenvalue weighted by atomic mass is 10.2. The Hall–Kier alpha value is -2.21. The number of aromatic nitrogens is 3. The summed E-state index contributed by atoms with van der Waals surface area (Å²) in [5, 5.41) is 4.74. The Bertz CT molecular complexity index is 674. The Morgan fingerprint density at radius 3 is 3.17 bits per heavy atom. The average molecular weight is 258 g/mol. The molecule has 0 saturated carbocycles. The van der Waals surface area contributed by atoms with Crippen LogP contribution in [0.3, 0.4) is 0 Å². The van der Waals surface area contributed by atoms with Crippen molar-refractivity contribution in [1.29, 1.82) is 0 Å². The van der Waals surface area contributed by atoms with E-state index in [0.717, 1.165) is 16.7 Å². The molecule has 0 bridgehead atoms. The number of rotatable bonds is 3. The zero-order valence-electron chi connectivity index (χ0n) is 9.38. The normalized spacial score (nSPS) is 10.7. The number of carbonyl (C=O) groups excluding carboxylic acids is 1. The van der Waals surface area contributed by atoms with E-state index < -0.39 is 0 Å². The Morgan fingerprint density at radius 2 is 2.33 bits per heavy atom. The van der Waals surface area contributed by atoms with Gasteiger partial charge in [0.25, 0.3) is 5.91 Å². The van der Waals surface area contributed by atoms with E-state index in [1.165, 1.54) is 11.3 Å². The molecule has 0 radical (unpaired) electrons. The van der Waals surface area contributed by atoms with Crippen LogP contribution < -0.4 is 5.32 Å². The number of hydrogen-bond acceptors (Lipinski definition) is 4. The lowest BCUT2D eigenvalue weighted by molar-refractivity contribution is 0.0950. The summed E-state index contributed by atoms with van der Waals surface area (Å²) in [6, 6.07) is 5.38. The second-order valence-corrected chi connectivity index (χ2v) is 4.52. The molecule has 0 aliphatic rings. The van der Waals surface area contributed by atoms with Crippen molar-refractivity contribution in [3.8, 4) is 0 Å². The fourth-order valence-corrected chi connectivity index (χ4v) is 2.23. The van der Waals surface area contributed by atoms with Crippen LogP contribution in [0.25, 0.3) is 11.0 Å². The summed E-state index contributed by atoms with van der Waals surface area (Å²) < 4.78 is 0. The number of amides is 1. The van der Waals surface area contributed by atoms with Crippen LogP contribution in [0.4, 0.5) is 0 Å². The third kappa shape index (κ3) is 2.10. The van der Waals surface area contributed by atoms with Gasteiger partial charge in [-0.05, 0) is 18.2 Å². The molecule has 1 amide bonds. The molecule has 0 fully saturated rings. The Kier molecular flexibility index (Phi) is 2.77. The lowest BCUT2D eigenvalue weighted by Gasteiger charge is -2.03. The van der Waals surface area contributed by atoms with Crippen LogP contribution in [0.1, 0.15) is 16.1 Å². The van der Waals surface area contributed by atoms with Gasteiger partial charge in [-0.15, -0.1) is 11.3 Å². The van der Waals surface area contributed by atoms with E-state index in [4.69, 9.17) is 0 Å². The molecule has 18 heavy (non-hydrogen) atoms. The second-order valence-electron chi connectivity index (χ2n) is 3.80. The van der Waals surface area contributed by atoms with Crippen molar-refractivity contribution in [2.24, 2.45) is 0 Å². The van der Waals surface area contributed by atoms with E-state index in [1.54, 1.807) is 24.0 Å². The minimum absolute atomic E-state index is 0.112. The maximum absolute atomic E-state index is 11.9. The first-order valence-corrected chi connectivity index (χ1v) is 6.35. The summed E-state index contributed by atoms with van der Waals surface area (Å²) in [7, 11) is 0. The van der Waals surface area contributed by atoms with Crippen molar-refractivity contribution in [3.05, 3.63) is 46.7 Å². The van der Waals surface area contributed by atoms with Crippen molar-refractivity contribution in [3.63, 3.8) is 0 Å². The fourth-order valence-electron chi connectivity index (χ4n) is 1.67. The first kappa shape index (κ1) is 10.9. The fraction of sp³-hybridized carbons (Fsp3) is 0.0833. The molecule has 6 heteroatoms. The molecule has 5 nitrogen and oxygen atoms in total. The standard InChI is InChI=1S/C12H10N4OS/c17-12(13-4-9-5-18-7-16-9)8-1-2-10-11(3-8)15-6-14-10/h1-3,5-7H,4H2,(H,13,17)(H,14,15). The van der Waals surface area contributed by atoms with Crippen LogP contribution in [-0.4, -0.2) is 20.9 Å². The summed E-state index contributed by atoms with van der Waals surface area (Å²) in [6.45, 7) is 0.448. The van der Waals surface area contributed by atoms with Crippen molar-refractivity contribution in [2.75, 3.05) is 0 Å². The summed E-state index contributed by atoms with van der Waals surface area (Å²) in [4.78, 5) is 23.1. The second kappa shape index (κ2) is 4.58. The highest BCUT2D eigenvalue weighted by atomic mass is 32.1. The van der Waals surface area contributed by atoms with Crippen molar-refractivity contribution in [1.82, 2.24) is 20.3 Å². The monoisotopic (exact) mass is 258 g/mol. The zero-order chi connectivity index (χ0) is 12.4. The molecular weight excluding hydrogens is 248 g/mol. The number of aromatic amines is 1. The molecule has 2 aromatic heterocycles. The molecule has 0 atom stereocenters. The maximum atomic E-state index is 11.9. The smallest absolute Gasteiger partial charge is 0.251 e. The molecule has 0 unspecified atom stereocenters. The van der Waals surface area contributed by atoms with E-state index in [-0.39, 0.29) is 5.91 Å². The molecule has 2 heterocycles. The molecule has 2 N–H and O–H groups in total. The van der Waals surface area contributed by atoms with E-state index in [2.05, 4.69) is 20.3 Å². The van der Waals surface area contributed by atoms with Gasteiger partial charge in [0.05, 0.1) is 35.1 Å². The Morgan fingerprint density at radius 1 is 1.39 bits per heavy atom. The zero-order valence-corrected chi connectivity index (χ0v) is 10.2. The van der Waals surface area contributed by atoms with Gasteiger partial charge in [-0.3, -0.25) is 4.79 Å². The highest BCUT2D eigenvalue weighted by molar-refractivity contribution is 7.07. The third-order valence-electron chi connectivity index (χ3n) is 2.60. The van der Waals surface area contributed by atoms with E-state index >= 15 is 0 Å². The number of H-pyrrole nitrogens is 1. The number of benzene rings is 1. The average Bonchev–Trinajstić information content (AvgIpc) is 3.05. The Balaban J connectivity index is 1.75. The molecule has 3 aromatic rings. The minimum atomic E-state index is -0.112. The van der Waals surface area contributed by atoms with Gasteiger partial charge in [0.15, 0.2) is 0 Å². The predicted molar refractivity (Wildman–Crippen MR) is 69.4 cm³/mol. The molecule has 90 valence electrons. The van der Waals surface area contributed by atoms with E-state index in [9.17, 15) is 4.79 Å². The number of thiazole rings is 1. The van der Waals surface area contributed by atoms with Crippen LogP contribution in [-0.2, 0) is 6.54 Å². The molecule has 0 aliphatic heterocycles. The van der Waals surface area contributed by atoms with Gasteiger partial charge in [0.2, 0.25) is 0 Å². The minimum Gasteiger partial charge on any atom is -0.346 e. The van der Waals surface area contributed by atoms with Gasteiger partial charge in [0.1, 0.15) is 0 Å². The number of hydrogen-bond donors (Lipinski definition) is 2. The van der Waals surface area contributed by atoms with Gasteiger partial charge >= 0.3 is 0 Å². The summed E-state index contributed by atoms with van der Waals surface area (Å²) in [6.07, 6.45) is 1.61. The van der Waals surface area contributed by atoms with Gasteiger partial charge in [-0.2, -0.15) is 0 Å². The topological polar surface area (TPSA) is 70.7 Å². The van der Waals surface area contributed by atoms with E-state index in [1.807, 2.05) is 11.4 Å². The number of imidazole rings is 1. The first-order chi connectivity index (χ1) is 8.83. The van der Waals surface area contributed by atoms with Crippen LogP contribution in [0.2, 0.25) is 0 Å². The third-order valence-corrected chi connectivity index (χ3v) is 3.23. The molecule has 1 aromatic carbocycles. The molecule has 0 aliphatic carbocycles. The van der Waals surface area contributed by atoms with Crippen LogP contribution >= 0.6 is 11.3 Å². The van der Waals surface area contributed by atoms with Crippen molar-refractivity contribution >= 4 is 28.3 Å². The van der Waals surface area contributed by atoms with Crippen LogP contribution in [0.15, 0.2) is 35.4 Å². The summed E-state index contributed by atoms with van der Waals surface area (Å²) in [5.41, 5.74) is 4.94. The van der Waals surface area contributed by atoms with Gasteiger partial charge in [-0.1, -0.05) is 0 Å². The predicted octanol–water partition coefficient (Wildman–Crippen LogP) is 1.95. The number of fused-ring (bicyclic) bond motifs is 1. The highest BCUT2D eigenvalue weighted by Gasteiger charge is 2.07. The lowest BCUT2D eigenvalue weighted by Crippen LogP contribution is -2.22. The number of nitrogens with one attached hydrogen (secondary N) is 2. The van der Waals surface area contributed by atoms with Gasteiger partial charge in [0, 0.05) is 10.9 Å². The summed E-state index contributed by atoms with van der Waals surface area (Å²) >= 11 is 1.51. The molecule has 0 spiro atoms. The van der Waals surface area contributed by atoms with Crippen molar-refractivity contribution in [2.45, 2.75) is 6.54 Å². The van der Waals surface area contributed by atoms with Gasteiger partial charge < -0.3 is 10.3 Å². The van der Waals surface area contributed by atoms with E-state index in [0.29, 0.717) is 12.1 Å². The Labute approximate surface area is 107 Å². The largest absolute Gasteiger partial charge is 0.346 e. The van der Waals surface area contributed by atoms with Crippen molar-refractivity contribution < 1.29 is 4.79 Å². The van der Waals surface area contributed by atoms with Crippen LogP contribution in [0.5, 0.6) is 0 Å². The number of nitrogens with zero attached hydrogens (tertiary/aromatic N) is 2. The first-order valence-electron chi connectivity index (χ1n) is 5.41. The maximum Gasteiger partial charge on any atom is 0.251 e. The number of carbonyl (C=O) groups is 1. The molecule has 3 rings (SSSR count). The quantitative estimate of drug-likeness (QED) is 0.754. The highest BCUT2D eigenvalue weighted by Crippen LogP contribution is 2.11. The summed E-state index contributed by atoms with van der Waals surface area (Å²) in [5.74, 6) is -0.112. The SMILES string of the molecule is O=C(NCc1cscn1)c1ccc2nc[nH]c2c1. The molecule has 0 saturated heterocycles. The molecular formula is C12H10N4OS. The van der Waals surface area contributed by atoms with Gasteiger partial charge in [-0.25, -0.2) is 9.97 Å². The van der Waals surface area contributed by atoms with Crippen LogP contribution in [0, 0.1) is 0 Å².